The van der Waals surface area contributed by atoms with Gasteiger partial charge >= 0.3 is 18.0 Å². The van der Waals surface area contributed by atoms with Crippen molar-refractivity contribution in [2.75, 3.05) is 26.7 Å². The summed E-state index contributed by atoms with van der Waals surface area (Å²) in [7, 11) is 1.50. The molecule has 0 spiro atoms. The van der Waals surface area contributed by atoms with Crippen molar-refractivity contribution in [3.8, 4) is 5.75 Å². The van der Waals surface area contributed by atoms with Crippen molar-refractivity contribution in [3.05, 3.63) is 42.0 Å². The van der Waals surface area contributed by atoms with Gasteiger partial charge in [-0.3, -0.25) is 10.1 Å². The summed E-state index contributed by atoms with van der Waals surface area (Å²) in [6.07, 6.45) is 3.35. The number of benzene rings is 1. The van der Waals surface area contributed by atoms with Crippen molar-refractivity contribution in [2.24, 2.45) is 5.92 Å². The highest BCUT2D eigenvalue weighted by Gasteiger charge is 2.35. The fraction of sp³-hybridized carbons (Fsp3) is 0.400. The predicted molar refractivity (Wildman–Crippen MR) is 106 cm³/mol. The molecule has 10 heteroatoms. The van der Waals surface area contributed by atoms with Gasteiger partial charge in [-0.25, -0.2) is 14.4 Å². The maximum Gasteiger partial charge on any atom is 0.328 e. The second kappa shape index (κ2) is 11.0. The van der Waals surface area contributed by atoms with Crippen LogP contribution in [0.4, 0.5) is 4.79 Å². The average Bonchev–Trinajstić information content (AvgIpc) is 2.73. The van der Waals surface area contributed by atoms with Gasteiger partial charge in [0.1, 0.15) is 5.75 Å². The van der Waals surface area contributed by atoms with Gasteiger partial charge in [0.25, 0.3) is 5.91 Å². The third-order valence-electron chi connectivity index (χ3n) is 4.92. The minimum atomic E-state index is -1.26. The van der Waals surface area contributed by atoms with Gasteiger partial charge < -0.3 is 25.2 Å². The van der Waals surface area contributed by atoms with E-state index in [2.05, 4.69) is 15.5 Å². The van der Waals surface area contributed by atoms with Gasteiger partial charge in [0.15, 0.2) is 0 Å². The Hall–Kier alpha value is -3.40. The number of para-hydroxylation sites is 1. The lowest BCUT2D eigenvalue weighted by Crippen LogP contribution is -2.59. The Balaban J connectivity index is 0.000000343. The molecule has 0 radical (unpaired) electrons. The summed E-state index contributed by atoms with van der Waals surface area (Å²) in [5.41, 5.74) is 0.356. The summed E-state index contributed by atoms with van der Waals surface area (Å²) in [6.45, 7) is 3.11. The summed E-state index contributed by atoms with van der Waals surface area (Å²) >= 11 is 0. The summed E-state index contributed by atoms with van der Waals surface area (Å²) in [5, 5.41) is 20.9. The molecule has 2 bridgehead atoms. The Morgan fingerprint density at radius 2 is 1.67 bits per heavy atom. The Kier molecular flexibility index (Phi) is 8.36. The van der Waals surface area contributed by atoms with Crippen LogP contribution in [0.1, 0.15) is 23.2 Å². The van der Waals surface area contributed by atoms with Crippen LogP contribution in [0.25, 0.3) is 0 Å². The number of imide groups is 1. The van der Waals surface area contributed by atoms with Crippen LogP contribution >= 0.6 is 0 Å². The fourth-order valence-corrected chi connectivity index (χ4v) is 3.48. The molecule has 10 nitrogen and oxygen atoms in total. The molecule has 0 saturated carbocycles. The van der Waals surface area contributed by atoms with E-state index in [9.17, 15) is 19.2 Å². The highest BCUT2D eigenvalue weighted by atomic mass is 16.5. The Morgan fingerprint density at radius 1 is 1.07 bits per heavy atom. The van der Waals surface area contributed by atoms with Crippen molar-refractivity contribution in [2.45, 2.75) is 18.9 Å². The average molecular weight is 419 g/mol. The molecule has 3 heterocycles. The number of fused-ring (bicyclic) bond motifs is 3. The van der Waals surface area contributed by atoms with Crippen LogP contribution in [0.15, 0.2) is 36.4 Å². The van der Waals surface area contributed by atoms with Gasteiger partial charge in [-0.2, -0.15) is 0 Å². The van der Waals surface area contributed by atoms with Gasteiger partial charge in [0, 0.05) is 24.7 Å². The second-order valence-electron chi connectivity index (χ2n) is 6.88. The SMILES string of the molecule is COc1ccccc1C(=O)NC(=O)NC1CN2CCC1CC2.O=C(O)/C=C/C(=O)O. The zero-order valence-corrected chi connectivity index (χ0v) is 16.5. The van der Waals surface area contributed by atoms with Gasteiger partial charge in [-0.1, -0.05) is 12.1 Å². The molecular formula is C20H25N3O7. The van der Waals surface area contributed by atoms with Crippen LogP contribution in [0.2, 0.25) is 0 Å². The third kappa shape index (κ3) is 6.89. The molecule has 3 aliphatic rings. The Morgan fingerprint density at radius 3 is 2.17 bits per heavy atom. The molecule has 30 heavy (non-hydrogen) atoms. The molecule has 4 N–H and O–H groups in total. The van der Waals surface area contributed by atoms with Gasteiger partial charge in [-0.15, -0.1) is 0 Å². The topological polar surface area (TPSA) is 145 Å². The lowest BCUT2D eigenvalue weighted by molar-refractivity contribution is -0.134. The predicted octanol–water partition coefficient (Wildman–Crippen LogP) is 0.941. The van der Waals surface area contributed by atoms with E-state index >= 15 is 0 Å². The first-order valence-electron chi connectivity index (χ1n) is 9.41. The number of methoxy groups -OCH3 is 1. The van der Waals surface area contributed by atoms with E-state index in [0.717, 1.165) is 32.5 Å². The van der Waals surface area contributed by atoms with Crippen molar-refractivity contribution in [1.82, 2.24) is 15.5 Å². The van der Waals surface area contributed by atoms with E-state index in [1.54, 1.807) is 24.3 Å². The van der Waals surface area contributed by atoms with Crippen molar-refractivity contribution < 1.29 is 34.1 Å². The first kappa shape index (κ1) is 22.9. The minimum Gasteiger partial charge on any atom is -0.496 e. The minimum absolute atomic E-state index is 0.132. The molecule has 0 aromatic heterocycles. The van der Waals surface area contributed by atoms with Crippen LogP contribution < -0.4 is 15.4 Å². The molecule has 3 aliphatic heterocycles. The number of aliphatic carboxylic acids is 2. The molecule has 0 aliphatic carbocycles. The number of carboxylic acids is 2. The number of nitrogens with zero attached hydrogens (tertiary/aromatic N) is 1. The molecule has 3 saturated heterocycles. The van der Waals surface area contributed by atoms with E-state index in [1.165, 1.54) is 7.11 Å². The lowest BCUT2D eigenvalue weighted by atomic mass is 9.84. The molecule has 1 atom stereocenters. The highest BCUT2D eigenvalue weighted by Crippen LogP contribution is 2.27. The van der Waals surface area contributed by atoms with E-state index in [4.69, 9.17) is 14.9 Å². The normalized spacial score (nSPS) is 21.8. The number of ether oxygens (including phenoxy) is 1. The van der Waals surface area contributed by atoms with E-state index in [-0.39, 0.29) is 6.04 Å². The molecular weight excluding hydrogens is 394 g/mol. The molecule has 162 valence electrons. The van der Waals surface area contributed by atoms with Crippen LogP contribution in [0.3, 0.4) is 0 Å². The van der Waals surface area contributed by atoms with Crippen LogP contribution in [0, 0.1) is 5.92 Å². The summed E-state index contributed by atoms with van der Waals surface area (Å²) in [5.74, 6) is -1.98. The maximum absolute atomic E-state index is 12.2. The van der Waals surface area contributed by atoms with Crippen LogP contribution in [0.5, 0.6) is 5.75 Å². The summed E-state index contributed by atoms with van der Waals surface area (Å²) < 4.78 is 5.14. The van der Waals surface area contributed by atoms with E-state index < -0.39 is 23.9 Å². The Bertz CT molecular complexity index is 800. The summed E-state index contributed by atoms with van der Waals surface area (Å²) in [6, 6.07) is 6.55. The standard InChI is InChI=1S/C16H21N3O3.C4H4O4/c1-22-14-5-3-2-4-12(14)15(20)18-16(21)17-13-10-19-8-6-11(13)7-9-19;5-3(6)1-2-4(7)8/h2-5,11,13H,6-10H2,1H3,(H2,17,18,20,21);1-2H,(H,5,6)(H,7,8)/b;2-1+. The molecule has 3 amide bonds. The second-order valence-corrected chi connectivity index (χ2v) is 6.88. The molecule has 3 fully saturated rings. The highest BCUT2D eigenvalue weighted by molar-refractivity contribution is 6.05. The van der Waals surface area contributed by atoms with Crippen LogP contribution in [-0.2, 0) is 9.59 Å². The molecule has 1 aromatic carbocycles. The first-order chi connectivity index (χ1) is 14.3. The van der Waals surface area contributed by atoms with Crippen molar-refractivity contribution in [1.29, 1.82) is 0 Å². The van der Waals surface area contributed by atoms with Gasteiger partial charge in [0.05, 0.1) is 12.7 Å². The van der Waals surface area contributed by atoms with E-state index in [1.807, 2.05) is 0 Å². The molecule has 1 aromatic rings. The number of carboxylic acid groups (broad SMARTS) is 2. The van der Waals surface area contributed by atoms with E-state index in [0.29, 0.717) is 29.4 Å². The number of urea groups is 1. The number of carbonyl (C=O) groups is 4. The number of carbonyl (C=O) groups excluding carboxylic acids is 2. The fourth-order valence-electron chi connectivity index (χ4n) is 3.48. The smallest absolute Gasteiger partial charge is 0.328 e. The largest absolute Gasteiger partial charge is 0.496 e. The molecule has 1 unspecified atom stereocenters. The van der Waals surface area contributed by atoms with Crippen LogP contribution in [-0.4, -0.2) is 71.8 Å². The third-order valence-corrected chi connectivity index (χ3v) is 4.92. The van der Waals surface area contributed by atoms with Crippen molar-refractivity contribution in [3.63, 3.8) is 0 Å². The quantitative estimate of drug-likeness (QED) is 0.516. The number of rotatable bonds is 5. The number of hydrogen-bond donors (Lipinski definition) is 4. The Labute approximate surface area is 173 Å². The first-order valence-corrected chi connectivity index (χ1v) is 9.41. The number of piperidine rings is 3. The van der Waals surface area contributed by atoms with Crippen molar-refractivity contribution >= 4 is 23.9 Å². The number of hydrogen-bond acceptors (Lipinski definition) is 6. The number of amides is 3. The lowest BCUT2D eigenvalue weighted by Gasteiger charge is -2.44. The van der Waals surface area contributed by atoms with Gasteiger partial charge in [0.2, 0.25) is 0 Å². The monoisotopic (exact) mass is 419 g/mol. The number of nitrogens with one attached hydrogen (secondary N) is 2. The van der Waals surface area contributed by atoms with Gasteiger partial charge in [-0.05, 0) is 44.0 Å². The maximum atomic E-state index is 12.2. The zero-order valence-electron chi connectivity index (χ0n) is 16.5. The zero-order chi connectivity index (χ0) is 22.1. The molecule has 4 rings (SSSR count). The summed E-state index contributed by atoms with van der Waals surface area (Å²) in [4.78, 5) is 45.7.